The maximum Gasteiger partial charge on any atom is 0.329 e. The van der Waals surface area contributed by atoms with Gasteiger partial charge in [-0.15, -0.1) is 0 Å². The first kappa shape index (κ1) is 30.5. The van der Waals surface area contributed by atoms with Crippen LogP contribution >= 0.6 is 0 Å². The van der Waals surface area contributed by atoms with Crippen molar-refractivity contribution in [2.24, 2.45) is 0 Å². The number of carbonyl (C=O) groups is 4. The molecule has 4 aromatic rings. The number of nitrogens with zero attached hydrogens (tertiary/aromatic N) is 4. The lowest BCUT2D eigenvalue weighted by molar-refractivity contribution is -0.125. The fraction of sp³-hybridized carbons (Fsp3) is 0.176. The standard InChI is InChI=1S/C34H31N5O6S/c1-46(44,45)35-32(41)30-23-36(20-21-37(30)34(43)38(25-13-4-2-5-14-25)26-15-6-3-7-16-26)33(42)39-28-18-10-8-12-24(28)22-31(40)27-17-9-11-19-29(27)39/h2-19,30H,20-23H2,1H3,(H,35,41)/t30-/m0/s1. The van der Waals surface area contributed by atoms with E-state index in [1.807, 2.05) is 16.9 Å². The van der Waals surface area contributed by atoms with E-state index >= 15 is 0 Å². The molecule has 0 spiro atoms. The summed E-state index contributed by atoms with van der Waals surface area (Å²) in [7, 11) is -4.00. The normalized spacial score (nSPS) is 16.2. The SMILES string of the molecule is CS(=O)(=O)NC(=O)[C@@H]1CN(C(=O)N2c3ccccc3CC(=O)c3ccccc32)CCN1C(=O)N(c1ccccc1)c1ccccc1. The number of hydrogen-bond acceptors (Lipinski definition) is 6. The minimum atomic E-state index is -4.00. The van der Waals surface area contributed by atoms with Gasteiger partial charge < -0.3 is 9.80 Å². The molecule has 1 atom stereocenters. The van der Waals surface area contributed by atoms with Gasteiger partial charge >= 0.3 is 12.1 Å². The molecule has 2 aliphatic rings. The fourth-order valence-electron chi connectivity index (χ4n) is 5.84. The first-order valence-corrected chi connectivity index (χ1v) is 16.5. The number of urea groups is 2. The van der Waals surface area contributed by atoms with Crippen molar-refractivity contribution in [2.45, 2.75) is 12.5 Å². The lowest BCUT2D eigenvalue weighted by atomic mass is 10.0. The van der Waals surface area contributed by atoms with Crippen LogP contribution < -0.4 is 14.5 Å². The lowest BCUT2D eigenvalue weighted by Crippen LogP contribution is -2.64. The molecule has 1 N–H and O–H groups in total. The number of carbonyl (C=O) groups excluding carboxylic acids is 4. The van der Waals surface area contributed by atoms with Gasteiger partial charge in [-0.1, -0.05) is 66.7 Å². The number of sulfonamides is 1. The third-order valence-corrected chi connectivity index (χ3v) is 8.50. The molecule has 2 aliphatic heterocycles. The van der Waals surface area contributed by atoms with E-state index < -0.39 is 34.0 Å². The lowest BCUT2D eigenvalue weighted by Gasteiger charge is -2.43. The smallest absolute Gasteiger partial charge is 0.320 e. The van der Waals surface area contributed by atoms with Gasteiger partial charge in [0.15, 0.2) is 5.78 Å². The number of piperazine rings is 1. The van der Waals surface area contributed by atoms with Crippen molar-refractivity contribution < 1.29 is 27.6 Å². The molecule has 234 valence electrons. The fourth-order valence-corrected chi connectivity index (χ4v) is 6.34. The molecule has 4 aromatic carbocycles. The van der Waals surface area contributed by atoms with Crippen LogP contribution in [-0.4, -0.2) is 73.9 Å². The average Bonchev–Trinajstić information content (AvgIpc) is 3.18. The molecule has 6 rings (SSSR count). The second kappa shape index (κ2) is 12.5. The van der Waals surface area contributed by atoms with E-state index in [0.29, 0.717) is 33.9 Å². The number of hydrogen-bond donors (Lipinski definition) is 1. The van der Waals surface area contributed by atoms with Gasteiger partial charge in [-0.05, 0) is 48.0 Å². The Labute approximate surface area is 266 Å². The van der Waals surface area contributed by atoms with Gasteiger partial charge in [0.25, 0.3) is 5.91 Å². The Morgan fingerprint density at radius 1 is 0.761 bits per heavy atom. The summed E-state index contributed by atoms with van der Waals surface area (Å²) in [5.74, 6) is -1.08. The Kier molecular flexibility index (Phi) is 8.29. The van der Waals surface area contributed by atoms with Gasteiger partial charge in [0.2, 0.25) is 10.0 Å². The van der Waals surface area contributed by atoms with Crippen molar-refractivity contribution in [1.29, 1.82) is 0 Å². The van der Waals surface area contributed by atoms with Crippen LogP contribution in [0.1, 0.15) is 15.9 Å². The average molecular weight is 638 g/mol. The molecule has 0 radical (unpaired) electrons. The summed E-state index contributed by atoms with van der Waals surface area (Å²) in [6.07, 6.45) is 0.957. The zero-order valence-corrected chi connectivity index (χ0v) is 25.8. The van der Waals surface area contributed by atoms with E-state index in [0.717, 1.165) is 6.26 Å². The maximum absolute atomic E-state index is 14.4. The molecule has 5 amide bonds. The number of benzene rings is 4. The molecule has 2 heterocycles. The van der Waals surface area contributed by atoms with E-state index in [4.69, 9.17) is 0 Å². The molecule has 46 heavy (non-hydrogen) atoms. The number of rotatable bonds is 4. The van der Waals surface area contributed by atoms with Crippen LogP contribution in [0.25, 0.3) is 0 Å². The van der Waals surface area contributed by atoms with Crippen molar-refractivity contribution in [2.75, 3.05) is 35.7 Å². The van der Waals surface area contributed by atoms with Crippen LogP contribution in [0.4, 0.5) is 32.3 Å². The van der Waals surface area contributed by atoms with Gasteiger partial charge in [0.05, 0.1) is 35.6 Å². The first-order chi connectivity index (χ1) is 22.1. The van der Waals surface area contributed by atoms with Crippen molar-refractivity contribution in [1.82, 2.24) is 14.5 Å². The summed E-state index contributed by atoms with van der Waals surface area (Å²) in [6.45, 7) is -0.323. The Bertz CT molecular complexity index is 1880. The summed E-state index contributed by atoms with van der Waals surface area (Å²) < 4.78 is 26.4. The molecule has 0 unspecified atom stereocenters. The van der Waals surface area contributed by atoms with E-state index in [1.54, 1.807) is 97.1 Å². The number of Topliss-reactive ketones (excluding diaryl/α,β-unsaturated/α-hetero) is 1. The molecule has 0 aromatic heterocycles. The third-order valence-electron chi connectivity index (χ3n) is 7.93. The van der Waals surface area contributed by atoms with Crippen molar-refractivity contribution in [3.05, 3.63) is 120 Å². The second-order valence-electron chi connectivity index (χ2n) is 11.0. The van der Waals surface area contributed by atoms with Crippen molar-refractivity contribution in [3.8, 4) is 0 Å². The molecule has 0 bridgehead atoms. The molecule has 1 fully saturated rings. The Morgan fingerprint density at radius 2 is 1.33 bits per heavy atom. The van der Waals surface area contributed by atoms with Crippen LogP contribution in [0.15, 0.2) is 109 Å². The first-order valence-electron chi connectivity index (χ1n) is 14.6. The highest BCUT2D eigenvalue weighted by atomic mass is 32.2. The molecular formula is C34H31N5O6S. The monoisotopic (exact) mass is 637 g/mol. The van der Waals surface area contributed by atoms with Gasteiger partial charge in [-0.3, -0.25) is 24.1 Å². The second-order valence-corrected chi connectivity index (χ2v) is 12.8. The van der Waals surface area contributed by atoms with Crippen LogP contribution in [0, 0.1) is 0 Å². The number of ketones is 1. The van der Waals surface area contributed by atoms with Crippen LogP contribution in [-0.2, 0) is 21.2 Å². The van der Waals surface area contributed by atoms with Crippen molar-refractivity contribution >= 4 is 56.5 Å². The van der Waals surface area contributed by atoms with E-state index in [2.05, 4.69) is 0 Å². The number of anilines is 4. The quantitative estimate of drug-likeness (QED) is 0.346. The highest BCUT2D eigenvalue weighted by molar-refractivity contribution is 7.89. The minimum absolute atomic E-state index is 0.0411. The Balaban J connectivity index is 1.38. The van der Waals surface area contributed by atoms with E-state index in [9.17, 15) is 27.6 Å². The highest BCUT2D eigenvalue weighted by Crippen LogP contribution is 2.37. The number of fused-ring (bicyclic) bond motifs is 2. The predicted octanol–water partition coefficient (Wildman–Crippen LogP) is 4.70. The van der Waals surface area contributed by atoms with Gasteiger partial charge in [0, 0.05) is 25.1 Å². The summed E-state index contributed by atoms with van der Waals surface area (Å²) in [5.41, 5.74) is 3.06. The van der Waals surface area contributed by atoms with Crippen LogP contribution in [0.2, 0.25) is 0 Å². The zero-order valence-electron chi connectivity index (χ0n) is 24.9. The third kappa shape index (κ3) is 6.07. The molecule has 11 nitrogen and oxygen atoms in total. The van der Waals surface area contributed by atoms with Crippen LogP contribution in [0.3, 0.4) is 0 Å². The summed E-state index contributed by atoms with van der Waals surface area (Å²) in [4.78, 5) is 61.1. The van der Waals surface area contributed by atoms with Gasteiger partial charge in [-0.2, -0.15) is 0 Å². The number of nitrogens with one attached hydrogen (secondary N) is 1. The predicted molar refractivity (Wildman–Crippen MR) is 174 cm³/mol. The molecule has 12 heteroatoms. The highest BCUT2D eigenvalue weighted by Gasteiger charge is 2.42. The topological polar surface area (TPSA) is 127 Å². The Morgan fingerprint density at radius 3 is 1.96 bits per heavy atom. The molecule has 1 saturated heterocycles. The van der Waals surface area contributed by atoms with Gasteiger partial charge in [0.1, 0.15) is 6.04 Å². The van der Waals surface area contributed by atoms with E-state index in [-0.39, 0.29) is 31.8 Å². The zero-order chi connectivity index (χ0) is 32.4. The summed E-state index contributed by atoms with van der Waals surface area (Å²) in [6, 6.07) is 29.3. The number of para-hydroxylation sites is 4. The molecular weight excluding hydrogens is 606 g/mol. The molecule has 0 saturated carbocycles. The largest absolute Gasteiger partial charge is 0.329 e. The number of amides is 5. The summed E-state index contributed by atoms with van der Waals surface area (Å²) in [5, 5.41) is 0. The van der Waals surface area contributed by atoms with Crippen molar-refractivity contribution in [3.63, 3.8) is 0 Å². The van der Waals surface area contributed by atoms with Gasteiger partial charge in [-0.25, -0.2) is 18.0 Å². The Hall–Kier alpha value is -5.49. The maximum atomic E-state index is 14.4. The van der Waals surface area contributed by atoms with E-state index in [1.165, 1.54) is 19.6 Å². The minimum Gasteiger partial charge on any atom is -0.320 e. The summed E-state index contributed by atoms with van der Waals surface area (Å²) >= 11 is 0. The molecule has 0 aliphatic carbocycles. The van der Waals surface area contributed by atoms with Crippen LogP contribution in [0.5, 0.6) is 0 Å².